The molecule has 0 aliphatic heterocycles. The molecule has 1 N–H and O–H groups in total. The molecule has 0 saturated heterocycles. The second kappa shape index (κ2) is 8.57. The van der Waals surface area contributed by atoms with Gasteiger partial charge in [-0.3, -0.25) is 14.6 Å². The first-order valence-electron chi connectivity index (χ1n) is 9.68. The number of carbonyl (C=O) groups is 1. The SMILES string of the molecule is Cc1cc(=O)c(C(=O)Nc2ccccc2)c(-c2ccccc2)n1Cc1ccncc1. The Balaban J connectivity index is 1.89. The highest BCUT2D eigenvalue weighted by Gasteiger charge is 2.22. The van der Waals surface area contributed by atoms with Crippen molar-refractivity contribution in [2.45, 2.75) is 13.5 Å². The molecule has 30 heavy (non-hydrogen) atoms. The summed E-state index contributed by atoms with van der Waals surface area (Å²) in [6, 6.07) is 24.1. The van der Waals surface area contributed by atoms with E-state index in [4.69, 9.17) is 0 Å². The van der Waals surface area contributed by atoms with Crippen molar-refractivity contribution in [2.24, 2.45) is 0 Å². The summed E-state index contributed by atoms with van der Waals surface area (Å²) in [6.07, 6.45) is 3.47. The van der Waals surface area contributed by atoms with Crippen LogP contribution >= 0.6 is 0 Å². The minimum absolute atomic E-state index is 0.129. The zero-order valence-electron chi connectivity index (χ0n) is 16.6. The fourth-order valence-electron chi connectivity index (χ4n) is 3.47. The van der Waals surface area contributed by atoms with E-state index >= 15 is 0 Å². The van der Waals surface area contributed by atoms with Crippen molar-refractivity contribution in [3.63, 3.8) is 0 Å². The van der Waals surface area contributed by atoms with Crippen LogP contribution in [0.25, 0.3) is 11.3 Å². The predicted octanol–water partition coefficient (Wildman–Crippen LogP) is 4.52. The van der Waals surface area contributed by atoms with Crippen LogP contribution in [0.4, 0.5) is 5.69 Å². The number of anilines is 1. The van der Waals surface area contributed by atoms with Crippen molar-refractivity contribution in [3.8, 4) is 11.3 Å². The zero-order valence-corrected chi connectivity index (χ0v) is 16.6. The Morgan fingerprint density at radius 1 is 0.933 bits per heavy atom. The number of benzene rings is 2. The lowest BCUT2D eigenvalue weighted by Crippen LogP contribution is -2.27. The van der Waals surface area contributed by atoms with Crippen LogP contribution in [0, 0.1) is 6.92 Å². The van der Waals surface area contributed by atoms with E-state index in [1.54, 1.807) is 24.5 Å². The maximum absolute atomic E-state index is 13.2. The van der Waals surface area contributed by atoms with Gasteiger partial charge in [-0.05, 0) is 42.3 Å². The minimum Gasteiger partial charge on any atom is -0.340 e. The molecule has 0 atom stereocenters. The summed E-state index contributed by atoms with van der Waals surface area (Å²) in [5.41, 5.74) is 3.70. The van der Waals surface area contributed by atoms with Gasteiger partial charge in [0.1, 0.15) is 5.56 Å². The molecule has 0 spiro atoms. The molecule has 0 unspecified atom stereocenters. The molecule has 1 amide bonds. The van der Waals surface area contributed by atoms with Crippen molar-refractivity contribution in [1.82, 2.24) is 9.55 Å². The van der Waals surface area contributed by atoms with E-state index in [1.807, 2.05) is 72.2 Å². The van der Waals surface area contributed by atoms with Gasteiger partial charge in [0, 0.05) is 36.4 Å². The first kappa shape index (κ1) is 19.3. The fraction of sp³-hybridized carbons (Fsp3) is 0.0800. The molecule has 0 saturated carbocycles. The Bertz CT molecular complexity index is 1220. The standard InChI is InChI=1S/C25H21N3O2/c1-18-16-22(29)23(25(30)27-21-10-6-3-7-11-21)24(20-8-4-2-5-9-20)28(18)17-19-12-14-26-15-13-19/h2-16H,17H2,1H3,(H,27,30). The Morgan fingerprint density at radius 2 is 1.57 bits per heavy atom. The van der Waals surface area contributed by atoms with E-state index in [-0.39, 0.29) is 11.0 Å². The first-order valence-corrected chi connectivity index (χ1v) is 9.68. The van der Waals surface area contributed by atoms with Gasteiger partial charge < -0.3 is 9.88 Å². The normalized spacial score (nSPS) is 10.6. The highest BCUT2D eigenvalue weighted by atomic mass is 16.2. The number of aromatic nitrogens is 2. The summed E-state index contributed by atoms with van der Waals surface area (Å²) in [5.74, 6) is -0.423. The van der Waals surface area contributed by atoms with Crippen molar-refractivity contribution in [1.29, 1.82) is 0 Å². The van der Waals surface area contributed by atoms with Gasteiger partial charge in [-0.25, -0.2) is 0 Å². The van der Waals surface area contributed by atoms with E-state index in [2.05, 4.69) is 10.3 Å². The van der Waals surface area contributed by atoms with Crippen LogP contribution in [0.2, 0.25) is 0 Å². The number of hydrogen-bond donors (Lipinski definition) is 1. The molecule has 0 bridgehead atoms. The topological polar surface area (TPSA) is 64.0 Å². The van der Waals surface area contributed by atoms with Gasteiger partial charge in [0.25, 0.3) is 5.91 Å². The van der Waals surface area contributed by atoms with Crippen LogP contribution in [0.5, 0.6) is 0 Å². The Labute approximate surface area is 174 Å². The Kier molecular flexibility index (Phi) is 5.52. The lowest BCUT2D eigenvalue weighted by Gasteiger charge is -2.20. The van der Waals surface area contributed by atoms with E-state index in [0.717, 1.165) is 16.8 Å². The molecule has 2 aromatic carbocycles. The lowest BCUT2D eigenvalue weighted by molar-refractivity contribution is 0.102. The molecular formula is C25H21N3O2. The summed E-state index contributed by atoms with van der Waals surface area (Å²) in [7, 11) is 0. The van der Waals surface area contributed by atoms with E-state index in [1.165, 1.54) is 6.07 Å². The summed E-state index contributed by atoms with van der Waals surface area (Å²) in [6.45, 7) is 2.40. The molecule has 2 heterocycles. The number of rotatable bonds is 5. The average molecular weight is 395 g/mol. The fourth-order valence-corrected chi connectivity index (χ4v) is 3.47. The van der Waals surface area contributed by atoms with Gasteiger partial charge in [0.2, 0.25) is 0 Å². The highest BCUT2D eigenvalue weighted by molar-refractivity contribution is 6.08. The molecule has 4 rings (SSSR count). The molecule has 5 heteroatoms. The molecule has 0 aliphatic carbocycles. The number of para-hydroxylation sites is 1. The number of nitrogens with one attached hydrogen (secondary N) is 1. The molecule has 5 nitrogen and oxygen atoms in total. The molecule has 0 radical (unpaired) electrons. The number of hydrogen-bond acceptors (Lipinski definition) is 3. The molecule has 148 valence electrons. The quantitative estimate of drug-likeness (QED) is 0.540. The number of amides is 1. The third-order valence-corrected chi connectivity index (χ3v) is 4.91. The number of nitrogens with zero attached hydrogens (tertiary/aromatic N) is 2. The predicted molar refractivity (Wildman–Crippen MR) is 119 cm³/mol. The Hall–Kier alpha value is -3.99. The summed E-state index contributed by atoms with van der Waals surface area (Å²) < 4.78 is 2.01. The van der Waals surface area contributed by atoms with Crippen LogP contribution in [0.1, 0.15) is 21.6 Å². The maximum atomic E-state index is 13.2. The summed E-state index contributed by atoms with van der Waals surface area (Å²) in [4.78, 5) is 30.3. The number of pyridine rings is 2. The minimum atomic E-state index is -0.423. The largest absolute Gasteiger partial charge is 0.340 e. The summed E-state index contributed by atoms with van der Waals surface area (Å²) in [5, 5.41) is 2.86. The van der Waals surface area contributed by atoms with Gasteiger partial charge in [0.15, 0.2) is 5.43 Å². The zero-order chi connectivity index (χ0) is 20.9. The maximum Gasteiger partial charge on any atom is 0.261 e. The number of carbonyl (C=O) groups excluding carboxylic acids is 1. The molecule has 2 aromatic heterocycles. The van der Waals surface area contributed by atoms with Gasteiger partial charge in [-0.15, -0.1) is 0 Å². The van der Waals surface area contributed by atoms with Gasteiger partial charge >= 0.3 is 0 Å². The van der Waals surface area contributed by atoms with Crippen molar-refractivity contribution >= 4 is 11.6 Å². The first-order chi connectivity index (χ1) is 14.6. The second-order valence-corrected chi connectivity index (χ2v) is 7.00. The summed E-state index contributed by atoms with van der Waals surface area (Å²) >= 11 is 0. The number of aryl methyl sites for hydroxylation is 1. The van der Waals surface area contributed by atoms with E-state index in [0.29, 0.717) is 17.9 Å². The molecular weight excluding hydrogens is 374 g/mol. The smallest absolute Gasteiger partial charge is 0.261 e. The van der Waals surface area contributed by atoms with Crippen LogP contribution < -0.4 is 10.7 Å². The van der Waals surface area contributed by atoms with Crippen LogP contribution in [-0.4, -0.2) is 15.5 Å². The van der Waals surface area contributed by atoms with Gasteiger partial charge in [0.05, 0.1) is 5.69 Å². The third-order valence-electron chi connectivity index (χ3n) is 4.91. The average Bonchev–Trinajstić information content (AvgIpc) is 2.77. The third kappa shape index (κ3) is 4.05. The molecule has 0 aliphatic rings. The van der Waals surface area contributed by atoms with E-state index in [9.17, 15) is 9.59 Å². The van der Waals surface area contributed by atoms with Crippen molar-refractivity contribution in [3.05, 3.63) is 118 Å². The monoisotopic (exact) mass is 395 g/mol. The Morgan fingerprint density at radius 3 is 2.23 bits per heavy atom. The van der Waals surface area contributed by atoms with Crippen molar-refractivity contribution < 1.29 is 4.79 Å². The van der Waals surface area contributed by atoms with Gasteiger partial charge in [-0.2, -0.15) is 0 Å². The molecule has 0 fully saturated rings. The van der Waals surface area contributed by atoms with Crippen LogP contribution in [-0.2, 0) is 6.54 Å². The highest BCUT2D eigenvalue weighted by Crippen LogP contribution is 2.25. The second-order valence-electron chi connectivity index (χ2n) is 7.00. The lowest BCUT2D eigenvalue weighted by atomic mass is 10.0. The van der Waals surface area contributed by atoms with Crippen molar-refractivity contribution in [2.75, 3.05) is 5.32 Å². The van der Waals surface area contributed by atoms with Crippen LogP contribution in [0.15, 0.2) is 96.1 Å². The van der Waals surface area contributed by atoms with Crippen LogP contribution in [0.3, 0.4) is 0 Å². The molecule has 4 aromatic rings. The van der Waals surface area contributed by atoms with E-state index < -0.39 is 5.91 Å². The van der Waals surface area contributed by atoms with Gasteiger partial charge in [-0.1, -0.05) is 48.5 Å².